The van der Waals surface area contributed by atoms with Gasteiger partial charge in [-0.05, 0) is 6.42 Å². The molecule has 0 amide bonds. The van der Waals surface area contributed by atoms with Crippen LogP contribution in [0.3, 0.4) is 0 Å². The van der Waals surface area contributed by atoms with Gasteiger partial charge in [-0.15, -0.1) is 24.8 Å². The number of imidazole rings is 1. The van der Waals surface area contributed by atoms with Crippen LogP contribution in [0.2, 0.25) is 0 Å². The van der Waals surface area contributed by atoms with Crippen LogP contribution < -0.4 is 5.32 Å². The molecule has 1 unspecified atom stereocenters. The van der Waals surface area contributed by atoms with Gasteiger partial charge in [0.1, 0.15) is 0 Å². The molecule has 1 aliphatic rings. The Morgan fingerprint density at radius 2 is 2.29 bits per heavy atom. The molecule has 0 saturated carbocycles. The van der Waals surface area contributed by atoms with Crippen LogP contribution in [0.1, 0.15) is 37.2 Å². The summed E-state index contributed by atoms with van der Waals surface area (Å²) in [4.78, 5) is 7.53. The molecule has 2 heterocycles. The zero-order chi connectivity index (χ0) is 8.39. The number of hydrogen-bond acceptors (Lipinski definition) is 2. The fraction of sp³-hybridized carbons (Fsp3) is 0.667. The van der Waals surface area contributed by atoms with Gasteiger partial charge < -0.3 is 10.3 Å². The number of rotatable bonds is 2. The van der Waals surface area contributed by atoms with Crippen LogP contribution in [0.5, 0.6) is 0 Å². The Labute approximate surface area is 96.9 Å². The predicted octanol–water partition coefficient (Wildman–Crippen LogP) is 2.24. The van der Waals surface area contributed by atoms with Crippen molar-refractivity contribution in [1.82, 2.24) is 15.3 Å². The molecule has 0 saturated heterocycles. The van der Waals surface area contributed by atoms with Gasteiger partial charge >= 0.3 is 0 Å². The van der Waals surface area contributed by atoms with Crippen molar-refractivity contribution in [2.24, 2.45) is 0 Å². The molecule has 5 heteroatoms. The average molecular weight is 238 g/mol. The summed E-state index contributed by atoms with van der Waals surface area (Å²) in [5.41, 5.74) is 2.57. The third kappa shape index (κ3) is 2.62. The van der Waals surface area contributed by atoms with Gasteiger partial charge in [0.25, 0.3) is 0 Å². The molecule has 2 rings (SSSR count). The minimum absolute atomic E-state index is 0. The van der Waals surface area contributed by atoms with Crippen LogP contribution in [-0.4, -0.2) is 16.5 Å². The number of nitrogens with zero attached hydrogens (tertiary/aromatic N) is 1. The fourth-order valence-corrected chi connectivity index (χ4v) is 1.83. The second kappa shape index (κ2) is 6.27. The molecule has 1 aromatic rings. The molecular weight excluding hydrogens is 221 g/mol. The second-order valence-corrected chi connectivity index (χ2v) is 3.31. The maximum Gasteiger partial charge on any atom is 0.0925 e. The largest absolute Gasteiger partial charge is 0.348 e. The van der Waals surface area contributed by atoms with Crippen molar-refractivity contribution in [1.29, 1.82) is 0 Å². The fourth-order valence-electron chi connectivity index (χ4n) is 1.83. The van der Waals surface area contributed by atoms with Gasteiger partial charge in [-0.25, -0.2) is 4.98 Å². The summed E-state index contributed by atoms with van der Waals surface area (Å²) >= 11 is 0. The molecule has 0 aromatic carbocycles. The summed E-state index contributed by atoms with van der Waals surface area (Å²) in [5, 5.41) is 3.48. The Hall–Kier alpha value is -0.250. The van der Waals surface area contributed by atoms with Gasteiger partial charge in [0.2, 0.25) is 0 Å². The lowest BCUT2D eigenvalue weighted by molar-refractivity contribution is 0.460. The lowest BCUT2D eigenvalue weighted by atomic mass is 10.0. The number of fused-ring (bicyclic) bond motifs is 1. The number of halogens is 2. The first-order chi connectivity index (χ1) is 5.92. The van der Waals surface area contributed by atoms with E-state index in [1.807, 2.05) is 0 Å². The Morgan fingerprint density at radius 3 is 3.00 bits per heavy atom. The van der Waals surface area contributed by atoms with E-state index in [0.717, 1.165) is 13.0 Å². The van der Waals surface area contributed by atoms with Gasteiger partial charge in [0.15, 0.2) is 0 Å². The topological polar surface area (TPSA) is 40.7 Å². The number of nitrogens with one attached hydrogen (secondary N) is 2. The maximum atomic E-state index is 4.34. The van der Waals surface area contributed by atoms with Crippen LogP contribution in [0.25, 0.3) is 0 Å². The second-order valence-electron chi connectivity index (χ2n) is 3.31. The molecule has 14 heavy (non-hydrogen) atoms. The van der Waals surface area contributed by atoms with Crippen molar-refractivity contribution in [3.63, 3.8) is 0 Å². The number of aromatic amines is 1. The first-order valence-corrected chi connectivity index (χ1v) is 4.67. The first-order valence-electron chi connectivity index (χ1n) is 4.67. The Morgan fingerprint density at radius 1 is 1.50 bits per heavy atom. The Bertz CT molecular complexity index is 262. The highest BCUT2D eigenvalue weighted by atomic mass is 35.5. The molecule has 82 valence electrons. The van der Waals surface area contributed by atoms with Crippen LogP contribution in [0, 0.1) is 0 Å². The third-order valence-electron chi connectivity index (χ3n) is 2.42. The molecule has 1 aromatic heterocycles. The summed E-state index contributed by atoms with van der Waals surface area (Å²) in [5.74, 6) is 0. The zero-order valence-corrected chi connectivity index (χ0v) is 9.88. The van der Waals surface area contributed by atoms with E-state index < -0.39 is 0 Å². The minimum atomic E-state index is 0. The van der Waals surface area contributed by atoms with E-state index in [1.54, 1.807) is 6.33 Å². The van der Waals surface area contributed by atoms with Crippen LogP contribution in [0.4, 0.5) is 0 Å². The molecule has 1 atom stereocenters. The smallest absolute Gasteiger partial charge is 0.0925 e. The summed E-state index contributed by atoms with van der Waals surface area (Å²) < 4.78 is 0. The van der Waals surface area contributed by atoms with Gasteiger partial charge in [-0.1, -0.05) is 13.3 Å². The molecule has 2 N–H and O–H groups in total. The standard InChI is InChI=1S/C9H15N3.2ClH/c1-2-3-7-9-8(4-5-10-7)11-6-12-9;;/h6-7,10H,2-5H2,1H3,(H,11,12);2*1H. The minimum Gasteiger partial charge on any atom is -0.348 e. The third-order valence-corrected chi connectivity index (χ3v) is 2.42. The monoisotopic (exact) mass is 237 g/mol. The molecule has 0 radical (unpaired) electrons. The zero-order valence-electron chi connectivity index (χ0n) is 8.25. The maximum absolute atomic E-state index is 4.34. The van der Waals surface area contributed by atoms with Crippen molar-refractivity contribution in [3.05, 3.63) is 17.7 Å². The van der Waals surface area contributed by atoms with E-state index in [-0.39, 0.29) is 24.8 Å². The van der Waals surface area contributed by atoms with Gasteiger partial charge in [-0.3, -0.25) is 0 Å². The number of hydrogen-bond donors (Lipinski definition) is 2. The summed E-state index contributed by atoms with van der Waals surface area (Å²) in [6.07, 6.45) is 5.30. The van der Waals surface area contributed by atoms with Crippen LogP contribution in [0.15, 0.2) is 6.33 Å². The van der Waals surface area contributed by atoms with E-state index in [2.05, 4.69) is 22.2 Å². The Balaban J connectivity index is 0.000000845. The highest BCUT2D eigenvalue weighted by Crippen LogP contribution is 2.22. The van der Waals surface area contributed by atoms with Gasteiger partial charge in [-0.2, -0.15) is 0 Å². The molecule has 3 nitrogen and oxygen atoms in total. The molecule has 1 aliphatic heterocycles. The van der Waals surface area contributed by atoms with Crippen molar-refractivity contribution in [2.45, 2.75) is 32.2 Å². The van der Waals surface area contributed by atoms with Crippen LogP contribution in [-0.2, 0) is 6.42 Å². The molecular formula is C9H17Cl2N3. The quantitative estimate of drug-likeness (QED) is 0.829. The SMILES string of the molecule is CCCC1NCCc2[nH]cnc21.Cl.Cl. The highest BCUT2D eigenvalue weighted by Gasteiger charge is 2.20. The van der Waals surface area contributed by atoms with Gasteiger partial charge in [0.05, 0.1) is 18.1 Å². The molecule has 0 bridgehead atoms. The summed E-state index contributed by atoms with van der Waals surface area (Å²) in [7, 11) is 0. The van der Waals surface area contributed by atoms with E-state index in [1.165, 1.54) is 24.2 Å². The normalized spacial score (nSPS) is 19.1. The van der Waals surface area contributed by atoms with Gasteiger partial charge in [0, 0.05) is 18.7 Å². The lowest BCUT2D eigenvalue weighted by Crippen LogP contribution is -2.29. The van der Waals surface area contributed by atoms with Crippen molar-refractivity contribution >= 4 is 24.8 Å². The first kappa shape index (κ1) is 13.8. The average Bonchev–Trinajstić information content (AvgIpc) is 2.53. The molecule has 0 spiro atoms. The van der Waals surface area contributed by atoms with Crippen molar-refractivity contribution < 1.29 is 0 Å². The number of H-pyrrole nitrogens is 1. The summed E-state index contributed by atoms with van der Waals surface area (Å²) in [6.45, 7) is 3.29. The van der Waals surface area contributed by atoms with Crippen molar-refractivity contribution in [2.75, 3.05) is 6.54 Å². The highest BCUT2D eigenvalue weighted by molar-refractivity contribution is 5.85. The molecule has 0 aliphatic carbocycles. The summed E-state index contributed by atoms with van der Waals surface area (Å²) in [6, 6.07) is 0.491. The predicted molar refractivity (Wildman–Crippen MR) is 62.4 cm³/mol. The van der Waals surface area contributed by atoms with E-state index in [4.69, 9.17) is 0 Å². The van der Waals surface area contributed by atoms with E-state index >= 15 is 0 Å². The Kier molecular flexibility index (Phi) is 6.16. The van der Waals surface area contributed by atoms with Crippen LogP contribution >= 0.6 is 24.8 Å². The number of aromatic nitrogens is 2. The lowest BCUT2D eigenvalue weighted by Gasteiger charge is -2.22. The van der Waals surface area contributed by atoms with Crippen molar-refractivity contribution in [3.8, 4) is 0 Å². The van der Waals surface area contributed by atoms with E-state index in [9.17, 15) is 0 Å². The van der Waals surface area contributed by atoms with E-state index in [0.29, 0.717) is 6.04 Å². The molecule has 0 fully saturated rings.